The summed E-state index contributed by atoms with van der Waals surface area (Å²) >= 11 is 0. The van der Waals surface area contributed by atoms with Crippen molar-refractivity contribution in [3.05, 3.63) is 0 Å². The number of piperazine rings is 1. The smallest absolute Gasteiger partial charge is 0.251 e. The first-order valence-electron chi connectivity index (χ1n) is 8.59. The van der Waals surface area contributed by atoms with Crippen molar-refractivity contribution in [2.75, 3.05) is 60.5 Å². The van der Waals surface area contributed by atoms with Gasteiger partial charge in [0.05, 0.1) is 0 Å². The number of carbonyl (C=O) groups excluding carboxylic acids is 2. The molecule has 0 aromatic heterocycles. The zero-order valence-corrected chi connectivity index (χ0v) is 15.0. The lowest BCUT2D eigenvalue weighted by Crippen LogP contribution is -2.55. The summed E-state index contributed by atoms with van der Waals surface area (Å²) in [7, 11) is 5.24. The number of guanidine groups is 1. The summed E-state index contributed by atoms with van der Waals surface area (Å²) < 4.78 is 5.48. The van der Waals surface area contributed by atoms with Crippen LogP contribution in [-0.4, -0.2) is 99.1 Å². The van der Waals surface area contributed by atoms with Crippen molar-refractivity contribution in [3.8, 4) is 0 Å². The Bertz CT molecular complexity index is 466. The first-order valence-corrected chi connectivity index (χ1v) is 8.59. The maximum atomic E-state index is 12.4. The van der Waals surface area contributed by atoms with Crippen LogP contribution in [0.1, 0.15) is 19.3 Å². The third kappa shape index (κ3) is 4.83. The van der Waals surface area contributed by atoms with Gasteiger partial charge in [-0.15, -0.1) is 0 Å². The minimum absolute atomic E-state index is 0.0879. The molecule has 2 fully saturated rings. The van der Waals surface area contributed by atoms with Crippen LogP contribution in [0.5, 0.6) is 0 Å². The summed E-state index contributed by atoms with van der Waals surface area (Å²) in [4.78, 5) is 33.8. The molecule has 0 radical (unpaired) electrons. The van der Waals surface area contributed by atoms with Gasteiger partial charge in [0, 0.05) is 66.9 Å². The highest BCUT2D eigenvalue weighted by Gasteiger charge is 2.30. The molecule has 8 nitrogen and oxygen atoms in total. The quantitative estimate of drug-likeness (QED) is 0.545. The first kappa shape index (κ1) is 18.5. The normalized spacial score (nSPS) is 21.8. The Morgan fingerprint density at radius 3 is 2.42 bits per heavy atom. The monoisotopic (exact) mass is 339 g/mol. The molecule has 0 aromatic carbocycles. The highest BCUT2D eigenvalue weighted by atomic mass is 16.5. The zero-order chi connectivity index (χ0) is 17.5. The number of hydrogen-bond donors (Lipinski definition) is 1. The molecule has 8 heteroatoms. The summed E-state index contributed by atoms with van der Waals surface area (Å²) in [5, 5.41) is 3.22. The second kappa shape index (κ2) is 8.86. The van der Waals surface area contributed by atoms with E-state index in [1.165, 1.54) is 0 Å². The highest BCUT2D eigenvalue weighted by molar-refractivity contribution is 5.83. The lowest BCUT2D eigenvalue weighted by molar-refractivity contribution is -0.142. The van der Waals surface area contributed by atoms with Crippen LogP contribution in [0.15, 0.2) is 4.99 Å². The molecule has 1 atom stereocenters. The Balaban J connectivity index is 1.75. The average molecular weight is 339 g/mol. The number of amides is 2. The molecule has 1 unspecified atom stereocenters. The maximum Gasteiger partial charge on any atom is 0.251 e. The van der Waals surface area contributed by atoms with Crippen LogP contribution in [0.25, 0.3) is 0 Å². The average Bonchev–Trinajstić information content (AvgIpc) is 3.12. The van der Waals surface area contributed by atoms with Crippen LogP contribution < -0.4 is 5.32 Å². The van der Waals surface area contributed by atoms with Gasteiger partial charge in [-0.3, -0.25) is 14.6 Å². The molecule has 0 bridgehead atoms. The highest BCUT2D eigenvalue weighted by Crippen LogP contribution is 2.16. The van der Waals surface area contributed by atoms with Crippen molar-refractivity contribution < 1.29 is 14.3 Å². The van der Waals surface area contributed by atoms with Gasteiger partial charge in [0.1, 0.15) is 6.10 Å². The molecule has 0 aromatic rings. The lowest BCUT2D eigenvalue weighted by atomic mass is 10.2. The SMILES string of the molecule is CN=C(NCCC(=O)N(C)C)N1CCN(C(=O)C2CCCO2)CC1. The number of nitrogens with one attached hydrogen (secondary N) is 1. The molecule has 0 aliphatic carbocycles. The third-order valence-corrected chi connectivity index (χ3v) is 4.43. The standard InChI is InChI=1S/C16H29N5O3/c1-17-16(18-7-6-14(22)19(2)3)21-10-8-20(9-11-21)15(23)13-5-4-12-24-13/h13H,4-12H2,1-3H3,(H,17,18). The Morgan fingerprint density at radius 2 is 1.88 bits per heavy atom. The Labute approximate surface area is 143 Å². The molecule has 2 amide bonds. The molecule has 2 aliphatic rings. The number of nitrogens with zero attached hydrogens (tertiary/aromatic N) is 4. The van der Waals surface area contributed by atoms with Gasteiger partial charge in [0.25, 0.3) is 5.91 Å². The van der Waals surface area contributed by atoms with E-state index < -0.39 is 0 Å². The van der Waals surface area contributed by atoms with Crippen LogP contribution in [-0.2, 0) is 14.3 Å². The number of aliphatic imine (C=N–C) groups is 1. The maximum absolute atomic E-state index is 12.4. The van der Waals surface area contributed by atoms with Gasteiger partial charge in [-0.25, -0.2) is 0 Å². The van der Waals surface area contributed by atoms with Gasteiger partial charge in [-0.05, 0) is 12.8 Å². The third-order valence-electron chi connectivity index (χ3n) is 4.43. The molecule has 2 heterocycles. The van der Waals surface area contributed by atoms with E-state index in [0.29, 0.717) is 32.7 Å². The molecule has 136 valence electrons. The fourth-order valence-electron chi connectivity index (χ4n) is 2.95. The van der Waals surface area contributed by atoms with E-state index in [-0.39, 0.29) is 17.9 Å². The molecule has 24 heavy (non-hydrogen) atoms. The molecule has 2 saturated heterocycles. The van der Waals surface area contributed by atoms with Gasteiger partial charge < -0.3 is 24.8 Å². The minimum atomic E-state index is -0.244. The van der Waals surface area contributed by atoms with Crippen molar-refractivity contribution in [2.24, 2.45) is 4.99 Å². The van der Waals surface area contributed by atoms with Crippen LogP contribution in [0.4, 0.5) is 0 Å². The Kier molecular flexibility index (Phi) is 6.84. The van der Waals surface area contributed by atoms with Crippen molar-refractivity contribution in [1.29, 1.82) is 0 Å². The Hall–Kier alpha value is -1.83. The number of ether oxygens (including phenoxy) is 1. The van der Waals surface area contributed by atoms with Crippen molar-refractivity contribution in [2.45, 2.75) is 25.4 Å². The minimum Gasteiger partial charge on any atom is -0.368 e. The van der Waals surface area contributed by atoms with Gasteiger partial charge in [0.15, 0.2) is 5.96 Å². The van der Waals surface area contributed by atoms with E-state index >= 15 is 0 Å². The summed E-state index contributed by atoms with van der Waals surface area (Å²) in [6, 6.07) is 0. The molecule has 2 rings (SSSR count). The van der Waals surface area contributed by atoms with Crippen LogP contribution in [0.2, 0.25) is 0 Å². The number of rotatable bonds is 4. The second-order valence-electron chi connectivity index (χ2n) is 6.33. The molecular weight excluding hydrogens is 310 g/mol. The number of hydrogen-bond acceptors (Lipinski definition) is 4. The van der Waals surface area contributed by atoms with E-state index in [4.69, 9.17) is 4.74 Å². The van der Waals surface area contributed by atoms with E-state index in [1.54, 1.807) is 26.0 Å². The van der Waals surface area contributed by atoms with Crippen molar-refractivity contribution >= 4 is 17.8 Å². The molecular formula is C16H29N5O3. The summed E-state index contributed by atoms with van der Waals surface area (Å²) in [5.74, 6) is 0.988. The van der Waals surface area contributed by atoms with Crippen LogP contribution in [0, 0.1) is 0 Å². The largest absolute Gasteiger partial charge is 0.368 e. The fraction of sp³-hybridized carbons (Fsp3) is 0.812. The Morgan fingerprint density at radius 1 is 1.21 bits per heavy atom. The van der Waals surface area contributed by atoms with Crippen LogP contribution in [0.3, 0.4) is 0 Å². The fourth-order valence-corrected chi connectivity index (χ4v) is 2.95. The van der Waals surface area contributed by atoms with Gasteiger partial charge in [-0.2, -0.15) is 0 Å². The topological polar surface area (TPSA) is 77.5 Å². The number of carbonyl (C=O) groups is 2. The van der Waals surface area contributed by atoms with Crippen molar-refractivity contribution in [3.63, 3.8) is 0 Å². The second-order valence-corrected chi connectivity index (χ2v) is 6.33. The van der Waals surface area contributed by atoms with E-state index in [1.807, 2.05) is 4.90 Å². The van der Waals surface area contributed by atoms with E-state index in [2.05, 4.69) is 15.2 Å². The first-order chi connectivity index (χ1) is 11.5. The molecule has 0 saturated carbocycles. The van der Waals surface area contributed by atoms with Gasteiger partial charge in [0.2, 0.25) is 5.91 Å². The van der Waals surface area contributed by atoms with Crippen LogP contribution >= 0.6 is 0 Å². The summed E-state index contributed by atoms with van der Waals surface area (Å²) in [5.41, 5.74) is 0. The predicted molar refractivity (Wildman–Crippen MR) is 91.8 cm³/mol. The zero-order valence-electron chi connectivity index (χ0n) is 15.0. The van der Waals surface area contributed by atoms with E-state index in [9.17, 15) is 9.59 Å². The molecule has 1 N–H and O–H groups in total. The van der Waals surface area contributed by atoms with Crippen molar-refractivity contribution in [1.82, 2.24) is 20.0 Å². The van der Waals surface area contributed by atoms with E-state index in [0.717, 1.165) is 31.9 Å². The summed E-state index contributed by atoms with van der Waals surface area (Å²) in [6.07, 6.45) is 2.00. The predicted octanol–water partition coefficient (Wildman–Crippen LogP) is -0.637. The summed E-state index contributed by atoms with van der Waals surface area (Å²) in [6.45, 7) is 4.07. The van der Waals surface area contributed by atoms with Gasteiger partial charge in [-0.1, -0.05) is 0 Å². The lowest BCUT2D eigenvalue weighted by Gasteiger charge is -2.37. The molecule has 0 spiro atoms. The van der Waals surface area contributed by atoms with Gasteiger partial charge >= 0.3 is 0 Å². The molecule has 2 aliphatic heterocycles.